The first kappa shape index (κ1) is 17.0. The predicted molar refractivity (Wildman–Crippen MR) is 108 cm³/mol. The molecule has 0 amide bonds. The quantitative estimate of drug-likeness (QED) is 0.729. The molecular formula is C24H25NO. The van der Waals surface area contributed by atoms with Crippen LogP contribution in [-0.2, 0) is 4.79 Å². The van der Waals surface area contributed by atoms with Gasteiger partial charge in [0.25, 0.3) is 0 Å². The highest BCUT2D eigenvalue weighted by Gasteiger charge is 2.44. The molecule has 2 atom stereocenters. The Morgan fingerprint density at radius 2 is 1.31 bits per heavy atom. The molecule has 2 saturated heterocycles. The molecule has 2 nitrogen and oxygen atoms in total. The molecule has 4 rings (SSSR count). The molecule has 2 aromatic rings. The number of Topliss-reactive ketones (excluding diaryl/α,β-unsaturated/α-hetero) is 1. The van der Waals surface area contributed by atoms with E-state index in [4.69, 9.17) is 0 Å². The summed E-state index contributed by atoms with van der Waals surface area (Å²) in [6.07, 6.45) is 6.30. The lowest BCUT2D eigenvalue weighted by molar-refractivity contribution is -0.114. The summed E-state index contributed by atoms with van der Waals surface area (Å²) >= 11 is 0. The van der Waals surface area contributed by atoms with Gasteiger partial charge in [0.2, 0.25) is 0 Å². The number of rotatable bonds is 2. The summed E-state index contributed by atoms with van der Waals surface area (Å²) < 4.78 is 0. The molecule has 0 N–H and O–H groups in total. The fraction of sp³-hybridized carbons (Fsp3) is 0.292. The third-order valence-electron chi connectivity index (χ3n) is 5.67. The maximum absolute atomic E-state index is 13.3. The zero-order chi connectivity index (χ0) is 18.3. The Morgan fingerprint density at radius 3 is 1.73 bits per heavy atom. The summed E-state index contributed by atoms with van der Waals surface area (Å²) in [6, 6.07) is 17.2. The number of carbonyl (C=O) groups excluding carboxylic acids is 1. The van der Waals surface area contributed by atoms with Crippen molar-refractivity contribution < 1.29 is 4.79 Å². The average molecular weight is 343 g/mol. The van der Waals surface area contributed by atoms with Crippen molar-refractivity contribution in [2.45, 2.75) is 38.8 Å². The van der Waals surface area contributed by atoms with Crippen LogP contribution in [0, 0.1) is 13.8 Å². The Kier molecular flexibility index (Phi) is 4.37. The van der Waals surface area contributed by atoms with Gasteiger partial charge >= 0.3 is 0 Å². The van der Waals surface area contributed by atoms with Crippen LogP contribution in [0.3, 0.4) is 0 Å². The van der Waals surface area contributed by atoms with Gasteiger partial charge in [-0.2, -0.15) is 0 Å². The smallest absolute Gasteiger partial charge is 0.188 e. The summed E-state index contributed by atoms with van der Waals surface area (Å²) in [7, 11) is 2.16. The molecule has 2 unspecified atom stereocenters. The monoisotopic (exact) mass is 343 g/mol. The second-order valence-corrected chi connectivity index (χ2v) is 7.63. The number of carbonyl (C=O) groups is 1. The zero-order valence-corrected chi connectivity index (χ0v) is 15.7. The topological polar surface area (TPSA) is 20.3 Å². The minimum absolute atomic E-state index is 0.221. The van der Waals surface area contributed by atoms with Crippen molar-refractivity contribution in [3.05, 3.63) is 81.9 Å². The third kappa shape index (κ3) is 3.06. The van der Waals surface area contributed by atoms with Crippen molar-refractivity contribution in [3.63, 3.8) is 0 Å². The van der Waals surface area contributed by atoms with Crippen LogP contribution in [0.1, 0.15) is 35.1 Å². The van der Waals surface area contributed by atoms with E-state index in [-0.39, 0.29) is 17.9 Å². The molecule has 2 aromatic carbocycles. The lowest BCUT2D eigenvalue weighted by Crippen LogP contribution is -2.43. The third-order valence-corrected chi connectivity index (χ3v) is 5.67. The number of aryl methyl sites for hydroxylation is 2. The Morgan fingerprint density at radius 1 is 0.846 bits per heavy atom. The fourth-order valence-electron chi connectivity index (χ4n) is 4.36. The van der Waals surface area contributed by atoms with Crippen molar-refractivity contribution in [3.8, 4) is 0 Å². The van der Waals surface area contributed by atoms with Crippen LogP contribution in [0.5, 0.6) is 0 Å². The number of piperidine rings is 1. The van der Waals surface area contributed by atoms with Crippen LogP contribution in [0.15, 0.2) is 59.7 Å². The van der Waals surface area contributed by atoms with Crippen LogP contribution in [0.2, 0.25) is 0 Å². The Balaban J connectivity index is 1.78. The van der Waals surface area contributed by atoms with Gasteiger partial charge in [-0.25, -0.2) is 0 Å². The molecule has 132 valence electrons. The van der Waals surface area contributed by atoms with Gasteiger partial charge in [-0.3, -0.25) is 9.69 Å². The molecule has 0 radical (unpaired) electrons. The minimum atomic E-state index is 0.221. The van der Waals surface area contributed by atoms with Crippen molar-refractivity contribution in [1.29, 1.82) is 0 Å². The lowest BCUT2D eigenvalue weighted by atomic mass is 9.88. The molecule has 0 aliphatic carbocycles. The first-order valence-corrected chi connectivity index (χ1v) is 9.36. The van der Waals surface area contributed by atoms with E-state index >= 15 is 0 Å². The van der Waals surface area contributed by atoms with Gasteiger partial charge in [0.1, 0.15) is 0 Å². The standard InChI is InChI=1S/C24H25NO/c1-16-6-4-8-18(12-16)14-20-22-10-11-23(25(22)3)21(24(20)26)15-19-9-5-7-17(2)13-19/h4-9,12-15,22-23H,10-11H2,1-3H3/b20-14+,21-15+. The first-order chi connectivity index (χ1) is 12.5. The first-order valence-electron chi connectivity index (χ1n) is 9.36. The Hall–Kier alpha value is -2.45. The van der Waals surface area contributed by atoms with Crippen molar-refractivity contribution in [1.82, 2.24) is 4.90 Å². The SMILES string of the molecule is Cc1cccc(/C=C2/C(=O)/C(=C/c3cccc(C)c3)C3CCC2N3C)c1. The normalized spacial score (nSPS) is 26.0. The van der Waals surface area contributed by atoms with Crippen LogP contribution >= 0.6 is 0 Å². The Bertz CT molecular complexity index is 848. The van der Waals surface area contributed by atoms with Crippen molar-refractivity contribution in [2.75, 3.05) is 7.05 Å². The molecule has 0 saturated carbocycles. The van der Waals surface area contributed by atoms with E-state index in [1.54, 1.807) is 0 Å². The highest BCUT2D eigenvalue weighted by Crippen LogP contribution is 2.40. The fourth-order valence-corrected chi connectivity index (χ4v) is 4.36. The van der Waals surface area contributed by atoms with Gasteiger partial charge in [-0.15, -0.1) is 0 Å². The van der Waals surface area contributed by atoms with Gasteiger partial charge in [0, 0.05) is 23.2 Å². The van der Waals surface area contributed by atoms with Gasteiger partial charge in [0.15, 0.2) is 5.78 Å². The van der Waals surface area contributed by atoms with Gasteiger partial charge in [-0.05, 0) is 57.0 Å². The number of benzene rings is 2. The van der Waals surface area contributed by atoms with Crippen molar-refractivity contribution in [2.24, 2.45) is 0 Å². The molecule has 0 spiro atoms. The number of ketones is 1. The van der Waals surface area contributed by atoms with Crippen molar-refractivity contribution >= 4 is 17.9 Å². The number of nitrogens with zero attached hydrogens (tertiary/aromatic N) is 1. The number of hydrogen-bond acceptors (Lipinski definition) is 2. The van der Waals surface area contributed by atoms with Gasteiger partial charge in [-0.1, -0.05) is 59.7 Å². The maximum atomic E-state index is 13.3. The van der Waals surface area contributed by atoms with Crippen LogP contribution in [0.25, 0.3) is 12.2 Å². The van der Waals surface area contributed by atoms with E-state index in [2.05, 4.69) is 86.5 Å². The van der Waals surface area contributed by atoms with Crippen LogP contribution < -0.4 is 0 Å². The largest absolute Gasteiger partial charge is 0.292 e. The number of fused-ring (bicyclic) bond motifs is 2. The maximum Gasteiger partial charge on any atom is 0.188 e. The average Bonchev–Trinajstić information content (AvgIpc) is 2.92. The van der Waals surface area contributed by atoms with Gasteiger partial charge < -0.3 is 0 Å². The summed E-state index contributed by atoms with van der Waals surface area (Å²) in [5, 5.41) is 0. The Labute approximate surface area is 155 Å². The predicted octanol–water partition coefficient (Wildman–Crippen LogP) is 4.82. The second kappa shape index (κ2) is 6.69. The zero-order valence-electron chi connectivity index (χ0n) is 15.7. The molecule has 26 heavy (non-hydrogen) atoms. The van der Waals surface area contributed by atoms with E-state index in [1.807, 2.05) is 0 Å². The van der Waals surface area contributed by atoms with E-state index in [1.165, 1.54) is 11.1 Å². The molecule has 2 aliphatic heterocycles. The minimum Gasteiger partial charge on any atom is -0.292 e. The van der Waals surface area contributed by atoms with E-state index in [9.17, 15) is 4.79 Å². The molecule has 2 heterocycles. The lowest BCUT2D eigenvalue weighted by Gasteiger charge is -2.34. The molecule has 2 aliphatic rings. The highest BCUT2D eigenvalue weighted by molar-refractivity contribution is 6.16. The van der Waals surface area contributed by atoms with Gasteiger partial charge in [0.05, 0.1) is 0 Å². The molecule has 2 heteroatoms. The van der Waals surface area contributed by atoms with E-state index in [0.717, 1.165) is 35.1 Å². The summed E-state index contributed by atoms with van der Waals surface area (Å²) in [6.45, 7) is 4.18. The van der Waals surface area contributed by atoms with E-state index in [0.29, 0.717) is 0 Å². The number of hydrogen-bond donors (Lipinski definition) is 0. The van der Waals surface area contributed by atoms with Crippen LogP contribution in [-0.4, -0.2) is 29.8 Å². The van der Waals surface area contributed by atoms with Crippen LogP contribution in [0.4, 0.5) is 0 Å². The summed E-state index contributed by atoms with van der Waals surface area (Å²) in [4.78, 5) is 15.7. The summed E-state index contributed by atoms with van der Waals surface area (Å²) in [5.41, 5.74) is 6.53. The number of likely N-dealkylation sites (N-methyl/N-ethyl adjacent to an activating group) is 1. The molecule has 2 fully saturated rings. The van der Waals surface area contributed by atoms with E-state index < -0.39 is 0 Å². The molecule has 0 aromatic heterocycles. The highest BCUT2D eigenvalue weighted by atomic mass is 16.1. The summed E-state index contributed by atoms with van der Waals surface area (Å²) in [5.74, 6) is 0.221. The molecular weight excluding hydrogens is 318 g/mol. The molecule has 2 bridgehead atoms. The second-order valence-electron chi connectivity index (χ2n) is 7.63.